The van der Waals surface area contributed by atoms with Crippen molar-refractivity contribution >= 4 is 0 Å². The van der Waals surface area contributed by atoms with Crippen molar-refractivity contribution in [2.24, 2.45) is 0 Å². The van der Waals surface area contributed by atoms with Gasteiger partial charge in [0.2, 0.25) is 6.29 Å². The molecule has 0 spiro atoms. The largest absolute Gasteiger partial charge is 0.374 e. The molecule has 15 heavy (non-hydrogen) atoms. The van der Waals surface area contributed by atoms with Crippen LogP contribution >= 0.6 is 0 Å². The van der Waals surface area contributed by atoms with Gasteiger partial charge in [0.15, 0.2) is 5.82 Å². The lowest BCUT2D eigenvalue weighted by atomic mass is 10.3. The Morgan fingerprint density at radius 2 is 1.80 bits per heavy atom. The Bertz CT molecular complexity index is 302. The molecule has 0 aliphatic carbocycles. The Kier molecular flexibility index (Phi) is 4.61. The van der Waals surface area contributed by atoms with E-state index >= 15 is 0 Å². The summed E-state index contributed by atoms with van der Waals surface area (Å²) in [6.45, 7) is 1.88. The highest BCUT2D eigenvalue weighted by Gasteiger charge is 2.14. The van der Waals surface area contributed by atoms with Crippen molar-refractivity contribution in [1.82, 2.24) is 9.97 Å². The third-order valence-corrected chi connectivity index (χ3v) is 2.08. The van der Waals surface area contributed by atoms with E-state index in [-0.39, 0.29) is 6.10 Å². The zero-order chi connectivity index (χ0) is 11.3. The van der Waals surface area contributed by atoms with Crippen LogP contribution in [0, 0.1) is 0 Å². The molecule has 0 saturated heterocycles. The van der Waals surface area contributed by atoms with Crippen LogP contribution in [0.15, 0.2) is 12.3 Å². The minimum Gasteiger partial charge on any atom is -0.374 e. The first-order valence-corrected chi connectivity index (χ1v) is 4.64. The van der Waals surface area contributed by atoms with E-state index in [4.69, 9.17) is 14.2 Å². The van der Waals surface area contributed by atoms with Gasteiger partial charge in [-0.1, -0.05) is 0 Å². The lowest BCUT2D eigenvalue weighted by molar-refractivity contribution is -0.109. The van der Waals surface area contributed by atoms with Crippen LogP contribution in [0.1, 0.15) is 30.8 Å². The van der Waals surface area contributed by atoms with Crippen LogP contribution in [0.4, 0.5) is 0 Å². The molecular formula is C10H16N2O3. The highest BCUT2D eigenvalue weighted by Crippen LogP contribution is 2.17. The molecule has 1 unspecified atom stereocenters. The van der Waals surface area contributed by atoms with Crippen molar-refractivity contribution in [3.8, 4) is 0 Å². The van der Waals surface area contributed by atoms with Crippen LogP contribution in [0.3, 0.4) is 0 Å². The Hall–Kier alpha value is -1.04. The summed E-state index contributed by atoms with van der Waals surface area (Å²) in [5, 5.41) is 0. The third kappa shape index (κ3) is 2.95. The second-order valence-corrected chi connectivity index (χ2v) is 3.02. The van der Waals surface area contributed by atoms with Crippen LogP contribution < -0.4 is 0 Å². The smallest absolute Gasteiger partial charge is 0.200 e. The molecule has 1 aromatic rings. The number of hydrogen-bond donors (Lipinski definition) is 0. The molecule has 0 radical (unpaired) electrons. The average Bonchev–Trinajstić information content (AvgIpc) is 2.30. The van der Waals surface area contributed by atoms with Gasteiger partial charge in [0.05, 0.1) is 0 Å². The maximum atomic E-state index is 5.13. The third-order valence-electron chi connectivity index (χ3n) is 2.08. The topological polar surface area (TPSA) is 53.5 Å². The monoisotopic (exact) mass is 212 g/mol. The molecule has 0 aliphatic rings. The Morgan fingerprint density at radius 1 is 1.13 bits per heavy atom. The summed E-state index contributed by atoms with van der Waals surface area (Å²) >= 11 is 0. The van der Waals surface area contributed by atoms with Crippen LogP contribution in [-0.4, -0.2) is 31.3 Å². The summed E-state index contributed by atoms with van der Waals surface area (Å²) in [7, 11) is 4.75. The molecule has 1 rings (SSSR count). The Morgan fingerprint density at radius 3 is 2.33 bits per heavy atom. The van der Waals surface area contributed by atoms with Crippen LogP contribution in [-0.2, 0) is 14.2 Å². The van der Waals surface area contributed by atoms with E-state index < -0.39 is 6.29 Å². The van der Waals surface area contributed by atoms with Crippen molar-refractivity contribution in [1.29, 1.82) is 0 Å². The molecule has 1 aromatic heterocycles. The summed E-state index contributed by atoms with van der Waals surface area (Å²) in [4.78, 5) is 8.41. The predicted molar refractivity (Wildman–Crippen MR) is 54.2 cm³/mol. The van der Waals surface area contributed by atoms with E-state index in [1.807, 2.05) is 6.92 Å². The second-order valence-electron chi connectivity index (χ2n) is 3.02. The predicted octanol–water partition coefficient (Wildman–Crippen LogP) is 1.48. The van der Waals surface area contributed by atoms with Crippen molar-refractivity contribution < 1.29 is 14.2 Å². The van der Waals surface area contributed by atoms with E-state index in [9.17, 15) is 0 Å². The van der Waals surface area contributed by atoms with Gasteiger partial charge in [-0.05, 0) is 13.0 Å². The fourth-order valence-corrected chi connectivity index (χ4v) is 1.16. The molecule has 0 aliphatic heterocycles. The molecule has 1 heterocycles. The van der Waals surface area contributed by atoms with Crippen molar-refractivity contribution in [2.45, 2.75) is 19.3 Å². The highest BCUT2D eigenvalue weighted by atomic mass is 16.7. The molecule has 5 nitrogen and oxygen atoms in total. The molecule has 0 aromatic carbocycles. The fraction of sp³-hybridized carbons (Fsp3) is 0.600. The van der Waals surface area contributed by atoms with E-state index in [1.165, 1.54) is 0 Å². The van der Waals surface area contributed by atoms with E-state index in [0.29, 0.717) is 11.5 Å². The molecule has 5 heteroatoms. The molecule has 0 amide bonds. The van der Waals surface area contributed by atoms with E-state index in [0.717, 1.165) is 0 Å². The van der Waals surface area contributed by atoms with Gasteiger partial charge in [0, 0.05) is 27.5 Å². The van der Waals surface area contributed by atoms with Gasteiger partial charge in [-0.15, -0.1) is 0 Å². The fourth-order valence-electron chi connectivity index (χ4n) is 1.16. The molecule has 0 fully saturated rings. The van der Waals surface area contributed by atoms with Gasteiger partial charge >= 0.3 is 0 Å². The molecule has 84 valence electrons. The minimum atomic E-state index is -0.462. The number of methoxy groups -OCH3 is 3. The summed E-state index contributed by atoms with van der Waals surface area (Å²) < 4.78 is 15.3. The normalized spacial score (nSPS) is 13.1. The van der Waals surface area contributed by atoms with Crippen molar-refractivity contribution in [2.75, 3.05) is 21.3 Å². The van der Waals surface area contributed by atoms with Crippen molar-refractivity contribution in [3.63, 3.8) is 0 Å². The SMILES string of the molecule is COC(C)c1nccc(C(OC)OC)n1. The number of hydrogen-bond acceptors (Lipinski definition) is 5. The summed E-state index contributed by atoms with van der Waals surface area (Å²) in [6, 6.07) is 1.75. The molecular weight excluding hydrogens is 196 g/mol. The number of ether oxygens (including phenoxy) is 3. The molecule has 0 saturated carbocycles. The zero-order valence-corrected chi connectivity index (χ0v) is 9.43. The Balaban J connectivity index is 2.91. The summed E-state index contributed by atoms with van der Waals surface area (Å²) in [6.07, 6.45) is 1.06. The maximum Gasteiger partial charge on any atom is 0.200 e. The molecule has 1 atom stereocenters. The van der Waals surface area contributed by atoms with E-state index in [2.05, 4.69) is 9.97 Å². The van der Waals surface area contributed by atoms with Gasteiger partial charge < -0.3 is 14.2 Å². The minimum absolute atomic E-state index is 0.140. The standard InChI is InChI=1S/C10H16N2O3/c1-7(13-2)9-11-6-5-8(12-9)10(14-3)15-4/h5-7,10H,1-4H3. The summed E-state index contributed by atoms with van der Waals surface area (Å²) in [5.74, 6) is 0.620. The van der Waals surface area contributed by atoms with Gasteiger partial charge in [-0.2, -0.15) is 0 Å². The quantitative estimate of drug-likeness (QED) is 0.692. The van der Waals surface area contributed by atoms with Crippen LogP contribution in [0.2, 0.25) is 0 Å². The number of aromatic nitrogens is 2. The van der Waals surface area contributed by atoms with Gasteiger partial charge in [0.1, 0.15) is 11.8 Å². The van der Waals surface area contributed by atoms with Crippen LogP contribution in [0.5, 0.6) is 0 Å². The lowest BCUT2D eigenvalue weighted by Gasteiger charge is -2.14. The number of nitrogens with zero attached hydrogens (tertiary/aromatic N) is 2. The first-order valence-electron chi connectivity index (χ1n) is 4.64. The van der Waals surface area contributed by atoms with Gasteiger partial charge in [-0.3, -0.25) is 0 Å². The second kappa shape index (κ2) is 5.75. The first kappa shape index (κ1) is 12.0. The van der Waals surface area contributed by atoms with Crippen LogP contribution in [0.25, 0.3) is 0 Å². The molecule has 0 bridgehead atoms. The van der Waals surface area contributed by atoms with E-state index in [1.54, 1.807) is 33.6 Å². The average molecular weight is 212 g/mol. The highest BCUT2D eigenvalue weighted by molar-refractivity contribution is 5.05. The van der Waals surface area contributed by atoms with Gasteiger partial charge in [0.25, 0.3) is 0 Å². The number of rotatable bonds is 5. The lowest BCUT2D eigenvalue weighted by Crippen LogP contribution is -2.10. The zero-order valence-electron chi connectivity index (χ0n) is 9.43. The van der Waals surface area contributed by atoms with Gasteiger partial charge in [-0.25, -0.2) is 9.97 Å². The first-order chi connectivity index (χ1) is 7.22. The van der Waals surface area contributed by atoms with Crippen molar-refractivity contribution in [3.05, 3.63) is 23.8 Å². The maximum absolute atomic E-state index is 5.13. The Labute approximate surface area is 89.4 Å². The summed E-state index contributed by atoms with van der Waals surface area (Å²) in [5.41, 5.74) is 0.689. The molecule has 0 N–H and O–H groups in total.